The third-order valence-electron chi connectivity index (χ3n) is 2.42. The first-order valence-electron chi connectivity index (χ1n) is 5.44. The molecular formula is C12H15N3OS. The van der Waals surface area contributed by atoms with E-state index in [0.717, 1.165) is 11.4 Å². The molecule has 2 rings (SSSR count). The molecule has 0 saturated carbocycles. The van der Waals surface area contributed by atoms with Gasteiger partial charge in [-0.05, 0) is 18.6 Å². The largest absolute Gasteiger partial charge is 0.428 e. The molecule has 4 nitrogen and oxygen atoms in total. The number of aromatic nitrogens is 2. The highest BCUT2D eigenvalue weighted by molar-refractivity contribution is 7.07. The van der Waals surface area contributed by atoms with Gasteiger partial charge in [0.2, 0.25) is 0 Å². The standard InChI is InChI=1S/C12H15N3OS/c1-7(2)11-14-12(17-15-11)16-9-6-4-5-8(3)10(9)13/h4-7H,13H2,1-3H3. The molecule has 0 saturated heterocycles. The lowest BCUT2D eigenvalue weighted by Crippen LogP contribution is -1.95. The van der Waals surface area contributed by atoms with E-state index in [-0.39, 0.29) is 0 Å². The molecule has 0 fully saturated rings. The van der Waals surface area contributed by atoms with E-state index < -0.39 is 0 Å². The monoisotopic (exact) mass is 249 g/mol. The van der Waals surface area contributed by atoms with Crippen molar-refractivity contribution in [2.45, 2.75) is 26.7 Å². The van der Waals surface area contributed by atoms with Crippen LogP contribution in [0, 0.1) is 6.92 Å². The number of aryl methyl sites for hydroxylation is 1. The maximum atomic E-state index is 5.93. The summed E-state index contributed by atoms with van der Waals surface area (Å²) in [6.07, 6.45) is 0. The van der Waals surface area contributed by atoms with Crippen LogP contribution >= 0.6 is 11.5 Å². The fourth-order valence-electron chi connectivity index (χ4n) is 1.33. The number of ether oxygens (including phenoxy) is 1. The van der Waals surface area contributed by atoms with Crippen LogP contribution in [0.25, 0.3) is 0 Å². The number of hydrogen-bond acceptors (Lipinski definition) is 5. The minimum atomic E-state index is 0.304. The van der Waals surface area contributed by atoms with Crippen molar-refractivity contribution in [2.24, 2.45) is 0 Å². The van der Waals surface area contributed by atoms with Crippen LogP contribution in [0.1, 0.15) is 31.2 Å². The zero-order valence-electron chi connectivity index (χ0n) is 10.1. The predicted octanol–water partition coefficient (Wildman–Crippen LogP) is 3.34. The maximum absolute atomic E-state index is 5.93. The van der Waals surface area contributed by atoms with E-state index in [1.54, 1.807) is 0 Å². The fraction of sp³-hybridized carbons (Fsp3) is 0.333. The minimum Gasteiger partial charge on any atom is -0.428 e. The Hall–Kier alpha value is -1.62. The average Bonchev–Trinajstić information content (AvgIpc) is 2.73. The normalized spacial score (nSPS) is 10.8. The van der Waals surface area contributed by atoms with Crippen LogP contribution in [0.15, 0.2) is 18.2 Å². The number of anilines is 1. The summed E-state index contributed by atoms with van der Waals surface area (Å²) < 4.78 is 9.87. The van der Waals surface area contributed by atoms with Crippen LogP contribution in [-0.2, 0) is 0 Å². The Morgan fingerprint density at radius 1 is 1.35 bits per heavy atom. The molecule has 0 aliphatic rings. The molecule has 2 N–H and O–H groups in total. The number of hydrogen-bond donors (Lipinski definition) is 1. The summed E-state index contributed by atoms with van der Waals surface area (Å²) >= 11 is 1.25. The summed E-state index contributed by atoms with van der Waals surface area (Å²) in [5.74, 6) is 1.74. The molecule has 0 atom stereocenters. The Bertz CT molecular complexity index is 522. The van der Waals surface area contributed by atoms with E-state index in [2.05, 4.69) is 9.36 Å². The molecule has 5 heteroatoms. The fourth-order valence-corrected chi connectivity index (χ4v) is 2.02. The first-order chi connectivity index (χ1) is 8.08. The first kappa shape index (κ1) is 11.9. The average molecular weight is 249 g/mol. The van der Waals surface area contributed by atoms with Gasteiger partial charge in [0.05, 0.1) is 5.69 Å². The van der Waals surface area contributed by atoms with Gasteiger partial charge >= 0.3 is 0 Å². The van der Waals surface area contributed by atoms with Crippen LogP contribution in [0.3, 0.4) is 0 Å². The summed E-state index contributed by atoms with van der Waals surface area (Å²) in [7, 11) is 0. The quantitative estimate of drug-likeness (QED) is 0.847. The summed E-state index contributed by atoms with van der Waals surface area (Å²) in [6, 6.07) is 5.69. The molecule has 2 aromatic rings. The molecule has 0 amide bonds. The van der Waals surface area contributed by atoms with Crippen molar-refractivity contribution in [3.05, 3.63) is 29.6 Å². The number of benzene rings is 1. The van der Waals surface area contributed by atoms with Gasteiger partial charge in [0.1, 0.15) is 5.82 Å². The SMILES string of the molecule is Cc1cccc(Oc2nc(C(C)C)ns2)c1N. The Morgan fingerprint density at radius 3 is 2.76 bits per heavy atom. The van der Waals surface area contributed by atoms with E-state index in [9.17, 15) is 0 Å². The van der Waals surface area contributed by atoms with Crippen LogP contribution < -0.4 is 10.5 Å². The predicted molar refractivity (Wildman–Crippen MR) is 69.7 cm³/mol. The van der Waals surface area contributed by atoms with E-state index in [1.807, 2.05) is 39.0 Å². The van der Waals surface area contributed by atoms with E-state index in [0.29, 0.717) is 22.5 Å². The van der Waals surface area contributed by atoms with Gasteiger partial charge < -0.3 is 10.5 Å². The molecule has 0 aliphatic carbocycles. The van der Waals surface area contributed by atoms with Gasteiger partial charge in [-0.1, -0.05) is 26.0 Å². The highest BCUT2D eigenvalue weighted by atomic mass is 32.1. The van der Waals surface area contributed by atoms with Crippen molar-refractivity contribution < 1.29 is 4.74 Å². The zero-order valence-corrected chi connectivity index (χ0v) is 10.9. The summed E-state index contributed by atoms with van der Waals surface area (Å²) in [5.41, 5.74) is 7.57. The maximum Gasteiger partial charge on any atom is 0.298 e. The Kier molecular flexibility index (Phi) is 3.28. The number of para-hydroxylation sites is 1. The highest BCUT2D eigenvalue weighted by Crippen LogP contribution is 2.31. The van der Waals surface area contributed by atoms with E-state index in [4.69, 9.17) is 10.5 Å². The second kappa shape index (κ2) is 4.71. The Labute approximate surface area is 105 Å². The van der Waals surface area contributed by atoms with Gasteiger partial charge in [-0.25, -0.2) is 0 Å². The van der Waals surface area contributed by atoms with Gasteiger partial charge in [-0.3, -0.25) is 0 Å². The van der Waals surface area contributed by atoms with Crippen molar-refractivity contribution >= 4 is 17.2 Å². The molecule has 0 bridgehead atoms. The zero-order chi connectivity index (χ0) is 12.4. The lowest BCUT2D eigenvalue weighted by atomic mass is 10.2. The molecule has 0 spiro atoms. The topological polar surface area (TPSA) is 61.0 Å². The van der Waals surface area contributed by atoms with Gasteiger partial charge in [-0.15, -0.1) is 0 Å². The Morgan fingerprint density at radius 2 is 2.12 bits per heavy atom. The first-order valence-corrected chi connectivity index (χ1v) is 6.22. The Balaban J connectivity index is 2.22. The third kappa shape index (κ3) is 2.55. The van der Waals surface area contributed by atoms with Crippen LogP contribution in [0.4, 0.5) is 5.69 Å². The molecule has 1 aromatic carbocycles. The molecular weight excluding hydrogens is 234 g/mol. The van der Waals surface area contributed by atoms with Crippen LogP contribution in [0.5, 0.6) is 10.9 Å². The molecule has 90 valence electrons. The summed E-state index contributed by atoms with van der Waals surface area (Å²) in [6.45, 7) is 6.04. The second-order valence-electron chi connectivity index (χ2n) is 4.16. The molecule has 1 aromatic heterocycles. The van der Waals surface area contributed by atoms with Gasteiger partial charge in [-0.2, -0.15) is 9.36 Å². The van der Waals surface area contributed by atoms with E-state index in [1.165, 1.54) is 11.5 Å². The lowest BCUT2D eigenvalue weighted by Gasteiger charge is -2.06. The van der Waals surface area contributed by atoms with Gasteiger partial charge in [0.25, 0.3) is 5.19 Å². The third-order valence-corrected chi connectivity index (χ3v) is 3.03. The molecule has 1 heterocycles. The smallest absolute Gasteiger partial charge is 0.298 e. The van der Waals surface area contributed by atoms with Crippen LogP contribution in [-0.4, -0.2) is 9.36 Å². The summed E-state index contributed by atoms with van der Waals surface area (Å²) in [5, 5.41) is 0.533. The number of rotatable bonds is 3. The van der Waals surface area contributed by atoms with Crippen molar-refractivity contribution in [1.29, 1.82) is 0 Å². The molecule has 0 radical (unpaired) electrons. The minimum absolute atomic E-state index is 0.304. The lowest BCUT2D eigenvalue weighted by molar-refractivity contribution is 0.478. The second-order valence-corrected chi connectivity index (χ2v) is 4.88. The summed E-state index contributed by atoms with van der Waals surface area (Å²) in [4.78, 5) is 4.31. The van der Waals surface area contributed by atoms with Crippen molar-refractivity contribution in [3.8, 4) is 10.9 Å². The van der Waals surface area contributed by atoms with Crippen molar-refractivity contribution in [1.82, 2.24) is 9.36 Å². The number of nitrogens with two attached hydrogens (primary N) is 1. The molecule has 17 heavy (non-hydrogen) atoms. The highest BCUT2D eigenvalue weighted by Gasteiger charge is 2.11. The number of nitrogens with zero attached hydrogens (tertiary/aromatic N) is 2. The van der Waals surface area contributed by atoms with E-state index >= 15 is 0 Å². The van der Waals surface area contributed by atoms with Gasteiger partial charge in [0.15, 0.2) is 5.75 Å². The van der Waals surface area contributed by atoms with Crippen LogP contribution in [0.2, 0.25) is 0 Å². The molecule has 0 unspecified atom stereocenters. The van der Waals surface area contributed by atoms with Crippen molar-refractivity contribution in [3.63, 3.8) is 0 Å². The van der Waals surface area contributed by atoms with Gasteiger partial charge in [0, 0.05) is 17.5 Å². The molecule has 0 aliphatic heterocycles. The number of nitrogen functional groups attached to an aromatic ring is 1. The van der Waals surface area contributed by atoms with Crippen molar-refractivity contribution in [2.75, 3.05) is 5.73 Å².